The van der Waals surface area contributed by atoms with Crippen molar-refractivity contribution in [3.63, 3.8) is 0 Å². The molecule has 0 bridgehead atoms. The lowest BCUT2D eigenvalue weighted by Gasteiger charge is -2.28. The molecule has 230 valence electrons. The van der Waals surface area contributed by atoms with E-state index in [9.17, 15) is 0 Å². The number of para-hydroxylation sites is 3. The van der Waals surface area contributed by atoms with Crippen LogP contribution in [0.1, 0.15) is 0 Å². The van der Waals surface area contributed by atoms with Gasteiger partial charge >= 0.3 is 0 Å². The van der Waals surface area contributed by atoms with Crippen molar-refractivity contribution in [3.05, 3.63) is 182 Å². The van der Waals surface area contributed by atoms with Crippen LogP contribution in [0, 0.1) is 0 Å². The van der Waals surface area contributed by atoms with Crippen LogP contribution >= 0.6 is 0 Å². The van der Waals surface area contributed by atoms with Crippen molar-refractivity contribution in [2.75, 3.05) is 4.90 Å². The Bertz CT molecular complexity index is 2830. The molecule has 3 nitrogen and oxygen atoms in total. The van der Waals surface area contributed by atoms with Crippen molar-refractivity contribution in [2.24, 2.45) is 0 Å². The zero-order valence-electron chi connectivity index (χ0n) is 26.6. The van der Waals surface area contributed by atoms with E-state index in [-0.39, 0.29) is 0 Å². The van der Waals surface area contributed by atoms with Gasteiger partial charge in [0.05, 0.1) is 16.7 Å². The normalized spacial score (nSPS) is 11.7. The first-order valence-electron chi connectivity index (χ1n) is 16.7. The van der Waals surface area contributed by atoms with Crippen molar-refractivity contribution in [3.8, 4) is 16.8 Å². The molecule has 10 aromatic rings. The molecule has 0 aliphatic rings. The zero-order chi connectivity index (χ0) is 32.3. The number of nitrogens with zero attached hydrogens (tertiary/aromatic N) is 2. The maximum Gasteiger partial charge on any atom is 0.137 e. The summed E-state index contributed by atoms with van der Waals surface area (Å²) in [7, 11) is 0. The highest BCUT2D eigenvalue weighted by Crippen LogP contribution is 2.43. The second-order valence-corrected chi connectivity index (χ2v) is 12.5. The Labute approximate surface area is 283 Å². The first-order valence-corrected chi connectivity index (χ1v) is 16.7. The lowest BCUT2D eigenvalue weighted by atomic mass is 10.0. The fourth-order valence-corrected chi connectivity index (χ4v) is 7.56. The van der Waals surface area contributed by atoms with E-state index < -0.39 is 0 Å². The fourth-order valence-electron chi connectivity index (χ4n) is 7.56. The second-order valence-electron chi connectivity index (χ2n) is 12.5. The van der Waals surface area contributed by atoms with Crippen molar-refractivity contribution >= 4 is 71.6 Å². The minimum atomic E-state index is 0.870. The lowest BCUT2D eigenvalue weighted by molar-refractivity contribution is 0.669. The molecule has 0 amide bonds. The number of anilines is 3. The average Bonchev–Trinajstić information content (AvgIpc) is 3.72. The van der Waals surface area contributed by atoms with Gasteiger partial charge in [0.1, 0.15) is 11.2 Å². The van der Waals surface area contributed by atoms with Gasteiger partial charge < -0.3 is 13.9 Å². The largest absolute Gasteiger partial charge is 0.456 e. The number of benzene rings is 8. The van der Waals surface area contributed by atoms with Gasteiger partial charge in [-0.15, -0.1) is 0 Å². The Balaban J connectivity index is 1.19. The average molecular weight is 627 g/mol. The minimum absolute atomic E-state index is 0.870. The van der Waals surface area contributed by atoms with Gasteiger partial charge in [-0.25, -0.2) is 0 Å². The Morgan fingerprint density at radius 1 is 0.429 bits per heavy atom. The van der Waals surface area contributed by atoms with Gasteiger partial charge in [-0.2, -0.15) is 0 Å². The van der Waals surface area contributed by atoms with Gasteiger partial charge in [-0.3, -0.25) is 0 Å². The van der Waals surface area contributed by atoms with Crippen LogP contribution in [0.3, 0.4) is 0 Å². The Hall–Kier alpha value is -6.58. The number of hydrogen-bond acceptors (Lipinski definition) is 2. The van der Waals surface area contributed by atoms with E-state index in [0.717, 1.165) is 50.3 Å². The molecule has 8 aromatic carbocycles. The van der Waals surface area contributed by atoms with Gasteiger partial charge in [0.25, 0.3) is 0 Å². The topological polar surface area (TPSA) is 21.3 Å². The molecule has 0 atom stereocenters. The van der Waals surface area contributed by atoms with Crippen LogP contribution in [0.4, 0.5) is 17.1 Å². The predicted molar refractivity (Wildman–Crippen MR) is 206 cm³/mol. The fraction of sp³-hybridized carbons (Fsp3) is 0. The monoisotopic (exact) mass is 626 g/mol. The molecular formula is C46H30N2O. The Morgan fingerprint density at radius 3 is 1.96 bits per heavy atom. The summed E-state index contributed by atoms with van der Waals surface area (Å²) in [6.45, 7) is 0. The Morgan fingerprint density at radius 2 is 1.08 bits per heavy atom. The summed E-state index contributed by atoms with van der Waals surface area (Å²) >= 11 is 0. The van der Waals surface area contributed by atoms with Crippen LogP contribution in [-0.4, -0.2) is 4.57 Å². The lowest BCUT2D eigenvalue weighted by Crippen LogP contribution is -2.11. The Kier molecular flexibility index (Phi) is 6.18. The SMILES string of the molecule is c1ccc(-c2ccccc2N(c2ccc(-n3c4ccccc4c4ccc5ccccc5c43)cc2)c2ccc3c(c2)oc2ccccc23)cc1. The van der Waals surface area contributed by atoms with Crippen LogP contribution in [0.15, 0.2) is 186 Å². The van der Waals surface area contributed by atoms with Gasteiger partial charge in [-0.1, -0.05) is 121 Å². The third-order valence-corrected chi connectivity index (χ3v) is 9.78. The molecule has 49 heavy (non-hydrogen) atoms. The number of rotatable bonds is 5. The summed E-state index contributed by atoms with van der Waals surface area (Å²) in [5.41, 5.74) is 10.8. The van der Waals surface area contributed by atoms with E-state index in [4.69, 9.17) is 4.42 Å². The summed E-state index contributed by atoms with van der Waals surface area (Å²) in [5, 5.41) is 7.24. The second kappa shape index (κ2) is 11.0. The highest BCUT2D eigenvalue weighted by Gasteiger charge is 2.20. The van der Waals surface area contributed by atoms with Gasteiger partial charge in [0, 0.05) is 55.6 Å². The van der Waals surface area contributed by atoms with Crippen molar-refractivity contribution in [2.45, 2.75) is 0 Å². The molecule has 0 saturated carbocycles. The molecule has 0 aliphatic carbocycles. The molecule has 0 aliphatic heterocycles. The highest BCUT2D eigenvalue weighted by molar-refractivity contribution is 6.18. The van der Waals surface area contributed by atoms with Crippen LogP contribution in [0.25, 0.3) is 71.3 Å². The predicted octanol–water partition coefficient (Wildman–Crippen LogP) is 13.0. The highest BCUT2D eigenvalue weighted by atomic mass is 16.3. The van der Waals surface area contributed by atoms with E-state index >= 15 is 0 Å². The number of fused-ring (bicyclic) bond motifs is 8. The first kappa shape index (κ1) is 27.5. The molecular weight excluding hydrogens is 597 g/mol. The van der Waals surface area contributed by atoms with Crippen molar-refractivity contribution in [1.29, 1.82) is 0 Å². The molecule has 3 heteroatoms. The van der Waals surface area contributed by atoms with Crippen LogP contribution in [0.5, 0.6) is 0 Å². The maximum atomic E-state index is 6.38. The summed E-state index contributed by atoms with van der Waals surface area (Å²) in [5.74, 6) is 0. The first-order chi connectivity index (χ1) is 24.3. The molecule has 0 saturated heterocycles. The smallest absolute Gasteiger partial charge is 0.137 e. The molecule has 10 rings (SSSR count). The molecule has 0 unspecified atom stereocenters. The maximum absolute atomic E-state index is 6.38. The van der Waals surface area contributed by atoms with E-state index in [0.29, 0.717) is 0 Å². The van der Waals surface area contributed by atoms with E-state index in [1.54, 1.807) is 0 Å². The van der Waals surface area contributed by atoms with Gasteiger partial charge in [0.15, 0.2) is 0 Å². The third kappa shape index (κ3) is 4.37. The van der Waals surface area contributed by atoms with Gasteiger partial charge in [-0.05, 0) is 65.5 Å². The standard InChI is InChI=1S/C46H30N2O/c1-2-12-31(13-3-1)36-15-6-9-19-42(36)47(35-27-29-40-39-18-8-11-21-44(39)49-45(40)30-35)33-23-25-34(26-24-33)48-43-20-10-7-17-38(43)41-28-22-32-14-4-5-16-37(32)46(41)48/h1-30H. The number of furan rings is 1. The molecule has 0 radical (unpaired) electrons. The van der Waals surface area contributed by atoms with Crippen LogP contribution < -0.4 is 4.90 Å². The van der Waals surface area contributed by atoms with E-state index in [1.807, 2.05) is 12.1 Å². The zero-order valence-corrected chi connectivity index (χ0v) is 26.6. The van der Waals surface area contributed by atoms with E-state index in [2.05, 4.69) is 179 Å². The van der Waals surface area contributed by atoms with Crippen LogP contribution in [0.2, 0.25) is 0 Å². The van der Waals surface area contributed by atoms with Gasteiger partial charge in [0.2, 0.25) is 0 Å². The number of aromatic nitrogens is 1. The molecule has 0 N–H and O–H groups in total. The van der Waals surface area contributed by atoms with E-state index in [1.165, 1.54) is 38.1 Å². The minimum Gasteiger partial charge on any atom is -0.456 e. The summed E-state index contributed by atoms with van der Waals surface area (Å²) in [6, 6.07) is 64.9. The third-order valence-electron chi connectivity index (χ3n) is 9.78. The summed E-state index contributed by atoms with van der Waals surface area (Å²) in [6.07, 6.45) is 0. The van der Waals surface area contributed by atoms with Crippen molar-refractivity contribution in [1.82, 2.24) is 4.57 Å². The number of hydrogen-bond donors (Lipinski definition) is 0. The summed E-state index contributed by atoms with van der Waals surface area (Å²) < 4.78 is 8.80. The molecule has 0 fully saturated rings. The molecule has 0 spiro atoms. The summed E-state index contributed by atoms with van der Waals surface area (Å²) in [4.78, 5) is 2.35. The van der Waals surface area contributed by atoms with Crippen molar-refractivity contribution < 1.29 is 4.42 Å². The molecule has 2 aromatic heterocycles. The van der Waals surface area contributed by atoms with Crippen LogP contribution in [-0.2, 0) is 0 Å². The quantitative estimate of drug-likeness (QED) is 0.190. The molecule has 2 heterocycles.